The molecule has 2 aromatic rings. The number of hydrogen-bond donors (Lipinski definition) is 0. The number of likely N-dealkylation sites (tertiary alicyclic amines) is 1. The third-order valence-electron chi connectivity index (χ3n) is 6.73. The van der Waals surface area contributed by atoms with E-state index in [2.05, 4.69) is 15.9 Å². The fourth-order valence-electron chi connectivity index (χ4n) is 4.80. The van der Waals surface area contributed by atoms with Crippen molar-refractivity contribution in [2.45, 2.75) is 50.5 Å². The van der Waals surface area contributed by atoms with Gasteiger partial charge in [-0.1, -0.05) is 6.07 Å². The topological polar surface area (TPSA) is 76.2 Å². The maximum atomic E-state index is 15.3. The van der Waals surface area contributed by atoms with Gasteiger partial charge in [-0.15, -0.1) is 0 Å². The molecule has 2 heterocycles. The Balaban J connectivity index is 1.30. The number of carbonyl (C=O) groups is 1. The number of hydrogen-bond acceptors (Lipinski definition) is 6. The van der Waals surface area contributed by atoms with E-state index < -0.39 is 21.3 Å². The Morgan fingerprint density at radius 3 is 2.35 bits per heavy atom. The summed E-state index contributed by atoms with van der Waals surface area (Å²) in [6.07, 6.45) is 3.87. The number of benzene rings is 2. The van der Waals surface area contributed by atoms with Crippen molar-refractivity contribution in [1.82, 2.24) is 4.90 Å². The van der Waals surface area contributed by atoms with E-state index in [0.29, 0.717) is 40.8 Å². The Labute approximate surface area is 227 Å². The molecule has 7 nitrogen and oxygen atoms in total. The highest BCUT2D eigenvalue weighted by Crippen LogP contribution is 2.38. The summed E-state index contributed by atoms with van der Waals surface area (Å²) in [7, 11) is -3.36. The van der Waals surface area contributed by atoms with Crippen LogP contribution in [0.4, 0.5) is 14.9 Å². The van der Waals surface area contributed by atoms with Crippen LogP contribution in [0.15, 0.2) is 45.8 Å². The average Bonchev–Trinajstić information content (AvgIpc) is 2.77. The highest BCUT2D eigenvalue weighted by Gasteiger charge is 2.34. The van der Waals surface area contributed by atoms with Gasteiger partial charge in [0.05, 0.1) is 15.1 Å². The van der Waals surface area contributed by atoms with Gasteiger partial charge < -0.3 is 19.3 Å². The Kier molecular flexibility index (Phi) is 8.09. The molecule has 0 spiro atoms. The SMILES string of the molecule is CC(C)(C)OC(=O)N1CCC(CC2CN(c3cccc(Oc4ccc(S(C)(=O)=O)cc4Br)c3F)C2)CC1. The molecule has 4 rings (SSSR count). The Morgan fingerprint density at radius 1 is 1.08 bits per heavy atom. The third kappa shape index (κ3) is 6.96. The molecule has 0 bridgehead atoms. The molecule has 2 saturated heterocycles. The fourth-order valence-corrected chi connectivity index (χ4v) is 6.06. The predicted molar refractivity (Wildman–Crippen MR) is 145 cm³/mol. The molecule has 0 unspecified atom stereocenters. The number of anilines is 1. The quantitative estimate of drug-likeness (QED) is 0.392. The summed E-state index contributed by atoms with van der Waals surface area (Å²) < 4.78 is 50.5. The van der Waals surface area contributed by atoms with Gasteiger partial charge in [0.25, 0.3) is 0 Å². The third-order valence-corrected chi connectivity index (χ3v) is 8.46. The van der Waals surface area contributed by atoms with Crippen LogP contribution in [-0.2, 0) is 14.6 Å². The number of piperidine rings is 1. The molecular weight excluding hydrogens is 563 g/mol. The zero-order valence-electron chi connectivity index (χ0n) is 21.7. The second-order valence-corrected chi connectivity index (χ2v) is 13.8. The second-order valence-electron chi connectivity index (χ2n) is 11.0. The molecule has 202 valence electrons. The van der Waals surface area contributed by atoms with E-state index in [9.17, 15) is 13.2 Å². The molecule has 2 aliphatic heterocycles. The monoisotopic (exact) mass is 596 g/mol. The van der Waals surface area contributed by atoms with Gasteiger partial charge in [-0.3, -0.25) is 0 Å². The average molecular weight is 598 g/mol. The molecule has 0 saturated carbocycles. The van der Waals surface area contributed by atoms with Gasteiger partial charge >= 0.3 is 6.09 Å². The molecule has 37 heavy (non-hydrogen) atoms. The first-order chi connectivity index (χ1) is 17.3. The molecular formula is C27H34BrFN2O5S. The van der Waals surface area contributed by atoms with E-state index in [-0.39, 0.29) is 16.7 Å². The summed E-state index contributed by atoms with van der Waals surface area (Å²) in [5.41, 5.74) is 0.0118. The van der Waals surface area contributed by atoms with Crippen LogP contribution in [0.25, 0.3) is 0 Å². The molecule has 0 radical (unpaired) electrons. The van der Waals surface area contributed by atoms with Crippen molar-refractivity contribution in [3.8, 4) is 11.5 Å². The minimum atomic E-state index is -3.36. The predicted octanol–water partition coefficient (Wildman–Crippen LogP) is 6.26. The van der Waals surface area contributed by atoms with Gasteiger partial charge in [-0.25, -0.2) is 17.6 Å². The molecule has 2 aliphatic rings. The maximum absolute atomic E-state index is 15.3. The van der Waals surface area contributed by atoms with Gasteiger partial charge in [0.2, 0.25) is 0 Å². The number of sulfone groups is 1. The van der Waals surface area contributed by atoms with Gasteiger partial charge in [0.1, 0.15) is 11.4 Å². The van der Waals surface area contributed by atoms with Crippen LogP contribution in [0, 0.1) is 17.7 Å². The van der Waals surface area contributed by atoms with Crippen LogP contribution in [0.2, 0.25) is 0 Å². The van der Waals surface area contributed by atoms with Gasteiger partial charge in [0.15, 0.2) is 21.4 Å². The Morgan fingerprint density at radius 2 is 1.76 bits per heavy atom. The molecule has 1 amide bonds. The highest BCUT2D eigenvalue weighted by atomic mass is 79.9. The zero-order valence-corrected chi connectivity index (χ0v) is 24.1. The summed E-state index contributed by atoms with van der Waals surface area (Å²) in [5.74, 6) is 1.02. The number of ether oxygens (including phenoxy) is 2. The van der Waals surface area contributed by atoms with Crippen LogP contribution in [0.3, 0.4) is 0 Å². The maximum Gasteiger partial charge on any atom is 0.410 e. The van der Waals surface area contributed by atoms with E-state index in [1.54, 1.807) is 23.1 Å². The van der Waals surface area contributed by atoms with Crippen molar-refractivity contribution in [1.29, 1.82) is 0 Å². The van der Waals surface area contributed by atoms with Gasteiger partial charge in [0, 0.05) is 32.4 Å². The van der Waals surface area contributed by atoms with Crippen molar-refractivity contribution < 1.29 is 27.1 Å². The van der Waals surface area contributed by atoms with Crippen molar-refractivity contribution in [3.63, 3.8) is 0 Å². The summed E-state index contributed by atoms with van der Waals surface area (Å²) in [4.78, 5) is 16.3. The fraction of sp³-hybridized carbons (Fsp3) is 0.519. The number of rotatable bonds is 6. The van der Waals surface area contributed by atoms with E-state index >= 15 is 4.39 Å². The van der Waals surface area contributed by atoms with Crippen molar-refractivity contribution in [2.24, 2.45) is 11.8 Å². The van der Waals surface area contributed by atoms with Gasteiger partial charge in [-0.05, 0) is 98.1 Å². The molecule has 10 heteroatoms. The lowest BCUT2D eigenvalue weighted by atomic mass is 9.83. The molecule has 0 aromatic heterocycles. The van der Waals surface area contributed by atoms with Gasteiger partial charge in [-0.2, -0.15) is 0 Å². The lowest BCUT2D eigenvalue weighted by Crippen LogP contribution is -2.49. The van der Waals surface area contributed by atoms with Crippen molar-refractivity contribution >= 4 is 37.5 Å². The Hall–Kier alpha value is -2.33. The summed E-state index contributed by atoms with van der Waals surface area (Å²) in [6.45, 7) is 8.61. The highest BCUT2D eigenvalue weighted by molar-refractivity contribution is 9.10. The number of nitrogens with zero attached hydrogens (tertiary/aromatic N) is 2. The van der Waals surface area contributed by atoms with E-state index in [4.69, 9.17) is 9.47 Å². The zero-order chi connectivity index (χ0) is 27.0. The first-order valence-electron chi connectivity index (χ1n) is 12.5. The molecule has 2 aromatic carbocycles. The summed E-state index contributed by atoms with van der Waals surface area (Å²) in [6, 6.07) is 9.47. The van der Waals surface area contributed by atoms with Crippen LogP contribution < -0.4 is 9.64 Å². The number of halogens is 2. The van der Waals surface area contributed by atoms with Crippen molar-refractivity contribution in [2.75, 3.05) is 37.3 Å². The largest absolute Gasteiger partial charge is 0.453 e. The molecule has 0 N–H and O–H groups in total. The van der Waals surface area contributed by atoms with Crippen LogP contribution in [0.5, 0.6) is 11.5 Å². The Bertz CT molecular complexity index is 1250. The normalized spacial score (nSPS) is 17.5. The molecule has 0 atom stereocenters. The van der Waals surface area contributed by atoms with E-state index in [1.807, 2.05) is 25.7 Å². The lowest BCUT2D eigenvalue weighted by molar-refractivity contribution is 0.0174. The molecule has 2 fully saturated rings. The first kappa shape index (κ1) is 27.7. The van der Waals surface area contributed by atoms with Crippen LogP contribution >= 0.6 is 15.9 Å². The summed E-state index contributed by atoms with van der Waals surface area (Å²) in [5, 5.41) is 0. The van der Waals surface area contributed by atoms with Crippen molar-refractivity contribution in [3.05, 3.63) is 46.7 Å². The minimum absolute atomic E-state index is 0.0864. The minimum Gasteiger partial charge on any atom is -0.453 e. The second kappa shape index (κ2) is 10.8. The lowest BCUT2D eigenvalue weighted by Gasteiger charge is -2.43. The van der Waals surface area contributed by atoms with E-state index in [1.165, 1.54) is 18.2 Å². The standard InChI is InChI=1S/C27H34BrFN2O5S/c1-27(2,3)36-26(32)30-12-10-18(11-13-30)14-19-16-31(17-19)22-6-5-7-24(25(22)29)35-23-9-8-20(15-21(23)28)37(4,33)34/h5-9,15,18-19H,10-14,16-17H2,1-4H3. The van der Waals surface area contributed by atoms with E-state index in [0.717, 1.165) is 38.6 Å². The number of amides is 1. The van der Waals surface area contributed by atoms with Crippen LogP contribution in [-0.4, -0.2) is 57.4 Å². The summed E-state index contributed by atoms with van der Waals surface area (Å²) >= 11 is 3.32. The smallest absolute Gasteiger partial charge is 0.410 e. The number of carbonyl (C=O) groups excluding carboxylic acids is 1. The molecule has 0 aliphatic carbocycles. The first-order valence-corrected chi connectivity index (χ1v) is 15.2. The van der Waals surface area contributed by atoms with Crippen LogP contribution in [0.1, 0.15) is 40.0 Å².